The second kappa shape index (κ2) is 5.93. The molecule has 3 heteroatoms. The van der Waals surface area contributed by atoms with E-state index in [0.29, 0.717) is 0 Å². The van der Waals surface area contributed by atoms with Gasteiger partial charge in [0, 0.05) is 11.6 Å². The Hall–Kier alpha value is -1.74. The van der Waals surface area contributed by atoms with Crippen molar-refractivity contribution in [3.05, 3.63) is 71.8 Å². The fourth-order valence-corrected chi connectivity index (χ4v) is 1.92. The van der Waals surface area contributed by atoms with Crippen LogP contribution in [0.4, 0.5) is 8.78 Å². The van der Waals surface area contributed by atoms with E-state index in [2.05, 4.69) is 5.32 Å². The van der Waals surface area contributed by atoms with Crippen LogP contribution in [-0.4, -0.2) is 6.54 Å². The minimum atomic E-state index is -2.86. The smallest absolute Gasteiger partial charge is 0.285 e. The van der Waals surface area contributed by atoms with Gasteiger partial charge in [-0.25, -0.2) is 0 Å². The Morgan fingerprint density at radius 1 is 0.947 bits per heavy atom. The lowest BCUT2D eigenvalue weighted by Gasteiger charge is -2.21. The van der Waals surface area contributed by atoms with Crippen LogP contribution in [-0.2, 0) is 5.92 Å². The molecule has 100 valence electrons. The summed E-state index contributed by atoms with van der Waals surface area (Å²) in [6.07, 6.45) is 0. The molecule has 0 spiro atoms. The van der Waals surface area contributed by atoms with Gasteiger partial charge in [0.2, 0.25) is 0 Å². The third-order valence-electron chi connectivity index (χ3n) is 3.13. The fourth-order valence-electron chi connectivity index (χ4n) is 1.92. The summed E-state index contributed by atoms with van der Waals surface area (Å²) in [5.41, 5.74) is 1.05. The molecular weight excluding hydrogens is 244 g/mol. The quantitative estimate of drug-likeness (QED) is 0.853. The topological polar surface area (TPSA) is 12.0 Å². The van der Waals surface area contributed by atoms with Gasteiger partial charge in [0.05, 0.1) is 6.54 Å². The van der Waals surface area contributed by atoms with Crippen LogP contribution in [0.1, 0.15) is 24.1 Å². The van der Waals surface area contributed by atoms with Crippen molar-refractivity contribution in [2.75, 3.05) is 6.54 Å². The Bertz CT molecular complexity index is 497. The molecule has 0 bridgehead atoms. The van der Waals surface area contributed by atoms with E-state index in [-0.39, 0.29) is 18.2 Å². The van der Waals surface area contributed by atoms with Gasteiger partial charge in [-0.3, -0.25) is 0 Å². The van der Waals surface area contributed by atoms with Crippen LogP contribution in [0.3, 0.4) is 0 Å². The van der Waals surface area contributed by atoms with Gasteiger partial charge in [0.15, 0.2) is 0 Å². The monoisotopic (exact) mass is 261 g/mol. The van der Waals surface area contributed by atoms with Gasteiger partial charge in [-0.2, -0.15) is 8.78 Å². The van der Waals surface area contributed by atoms with Crippen LogP contribution >= 0.6 is 0 Å². The molecule has 0 aliphatic carbocycles. The van der Waals surface area contributed by atoms with Gasteiger partial charge in [-0.15, -0.1) is 0 Å². The van der Waals surface area contributed by atoms with Crippen molar-refractivity contribution >= 4 is 0 Å². The van der Waals surface area contributed by atoms with E-state index in [0.717, 1.165) is 5.56 Å². The fraction of sp³-hybridized carbons (Fsp3) is 0.250. The molecule has 0 aromatic heterocycles. The van der Waals surface area contributed by atoms with Gasteiger partial charge < -0.3 is 5.32 Å². The van der Waals surface area contributed by atoms with Crippen LogP contribution < -0.4 is 5.32 Å². The molecule has 2 aromatic carbocycles. The number of alkyl halides is 2. The number of nitrogens with one attached hydrogen (secondary N) is 1. The molecule has 19 heavy (non-hydrogen) atoms. The number of benzene rings is 2. The predicted molar refractivity (Wildman–Crippen MR) is 73.2 cm³/mol. The summed E-state index contributed by atoms with van der Waals surface area (Å²) in [5.74, 6) is -2.86. The first kappa shape index (κ1) is 13.7. The van der Waals surface area contributed by atoms with Crippen molar-refractivity contribution in [3.8, 4) is 0 Å². The molecule has 0 heterocycles. The Balaban J connectivity index is 1.99. The largest absolute Gasteiger partial charge is 0.304 e. The highest BCUT2D eigenvalue weighted by Crippen LogP contribution is 2.27. The van der Waals surface area contributed by atoms with Crippen molar-refractivity contribution in [2.24, 2.45) is 0 Å². The van der Waals surface area contributed by atoms with Gasteiger partial charge in [0.25, 0.3) is 5.92 Å². The summed E-state index contributed by atoms with van der Waals surface area (Å²) < 4.78 is 27.9. The van der Waals surface area contributed by atoms with E-state index in [1.165, 1.54) is 12.1 Å². The third-order valence-corrected chi connectivity index (χ3v) is 3.13. The first-order valence-corrected chi connectivity index (χ1v) is 6.31. The number of halogens is 2. The highest BCUT2D eigenvalue weighted by atomic mass is 19.3. The van der Waals surface area contributed by atoms with Crippen LogP contribution in [0.5, 0.6) is 0 Å². The van der Waals surface area contributed by atoms with Crippen molar-refractivity contribution in [2.45, 2.75) is 18.9 Å². The molecule has 0 radical (unpaired) electrons. The molecule has 0 unspecified atom stereocenters. The molecule has 1 atom stereocenters. The van der Waals surface area contributed by atoms with Crippen LogP contribution in [0.2, 0.25) is 0 Å². The van der Waals surface area contributed by atoms with Crippen LogP contribution in [0.25, 0.3) is 0 Å². The van der Waals surface area contributed by atoms with Crippen molar-refractivity contribution in [1.29, 1.82) is 0 Å². The highest BCUT2D eigenvalue weighted by Gasteiger charge is 2.31. The van der Waals surface area contributed by atoms with Crippen LogP contribution in [0.15, 0.2) is 60.7 Å². The molecule has 1 nitrogen and oxygen atoms in total. The summed E-state index contributed by atoms with van der Waals surface area (Å²) in [7, 11) is 0. The zero-order valence-corrected chi connectivity index (χ0v) is 10.8. The molecule has 0 saturated heterocycles. The average molecular weight is 261 g/mol. The Kier molecular flexibility index (Phi) is 4.27. The van der Waals surface area contributed by atoms with Gasteiger partial charge in [0.1, 0.15) is 0 Å². The van der Waals surface area contributed by atoms with E-state index in [1.54, 1.807) is 18.2 Å². The standard InChI is InChI=1S/C16H17F2N/c1-13(14-8-4-2-5-9-14)19-12-16(17,18)15-10-6-3-7-11-15/h2-11,13,19H,12H2,1H3/t13-/m1/s1. The van der Waals surface area contributed by atoms with E-state index >= 15 is 0 Å². The second-order valence-electron chi connectivity index (χ2n) is 4.58. The predicted octanol–water partition coefficient (Wildman–Crippen LogP) is 4.13. The Morgan fingerprint density at radius 3 is 2.05 bits per heavy atom. The van der Waals surface area contributed by atoms with E-state index in [9.17, 15) is 8.78 Å². The Morgan fingerprint density at radius 2 is 1.47 bits per heavy atom. The SMILES string of the molecule is C[C@@H](NCC(F)(F)c1ccccc1)c1ccccc1. The maximum atomic E-state index is 14.0. The summed E-state index contributed by atoms with van der Waals surface area (Å²) in [6, 6.07) is 17.4. The second-order valence-corrected chi connectivity index (χ2v) is 4.58. The molecule has 0 amide bonds. The number of hydrogen-bond donors (Lipinski definition) is 1. The van der Waals surface area contributed by atoms with Gasteiger partial charge >= 0.3 is 0 Å². The minimum absolute atomic E-state index is 0.0442. The summed E-state index contributed by atoms with van der Waals surface area (Å²) in [4.78, 5) is 0. The van der Waals surface area contributed by atoms with E-state index in [4.69, 9.17) is 0 Å². The molecular formula is C16H17F2N. The lowest BCUT2D eigenvalue weighted by Crippen LogP contribution is -2.32. The maximum absolute atomic E-state index is 14.0. The van der Waals surface area contributed by atoms with Crippen LogP contribution in [0, 0.1) is 0 Å². The zero-order valence-electron chi connectivity index (χ0n) is 10.8. The third kappa shape index (κ3) is 3.61. The first-order chi connectivity index (χ1) is 9.09. The van der Waals surface area contributed by atoms with Gasteiger partial charge in [-0.1, -0.05) is 60.7 Å². The Labute approximate surface area is 112 Å². The van der Waals surface area contributed by atoms with E-state index < -0.39 is 5.92 Å². The molecule has 0 fully saturated rings. The van der Waals surface area contributed by atoms with Crippen molar-refractivity contribution in [1.82, 2.24) is 5.32 Å². The maximum Gasteiger partial charge on any atom is 0.285 e. The number of rotatable bonds is 5. The average Bonchev–Trinajstić information content (AvgIpc) is 2.47. The zero-order chi connectivity index (χ0) is 13.7. The molecule has 0 aliphatic heterocycles. The molecule has 0 aliphatic rings. The summed E-state index contributed by atoms with van der Waals surface area (Å²) >= 11 is 0. The van der Waals surface area contributed by atoms with Crippen molar-refractivity contribution < 1.29 is 8.78 Å². The normalized spacial score (nSPS) is 13.2. The molecule has 0 saturated carbocycles. The molecule has 2 rings (SSSR count). The molecule has 2 aromatic rings. The lowest BCUT2D eigenvalue weighted by molar-refractivity contribution is -0.00534. The summed E-state index contributed by atoms with van der Waals surface area (Å²) in [6.45, 7) is 1.52. The van der Waals surface area contributed by atoms with Crippen molar-refractivity contribution in [3.63, 3.8) is 0 Å². The summed E-state index contributed by atoms with van der Waals surface area (Å²) in [5, 5.41) is 2.89. The molecule has 1 N–H and O–H groups in total. The lowest BCUT2D eigenvalue weighted by atomic mass is 10.1. The minimum Gasteiger partial charge on any atom is -0.304 e. The highest BCUT2D eigenvalue weighted by molar-refractivity contribution is 5.21. The van der Waals surface area contributed by atoms with E-state index in [1.807, 2.05) is 37.3 Å². The number of hydrogen-bond acceptors (Lipinski definition) is 1. The van der Waals surface area contributed by atoms with Gasteiger partial charge in [-0.05, 0) is 12.5 Å². The first-order valence-electron chi connectivity index (χ1n) is 6.31.